The lowest BCUT2D eigenvalue weighted by atomic mass is 10.0. The second-order valence-electron chi connectivity index (χ2n) is 9.18. The Morgan fingerprint density at radius 3 is 1.83 bits per heavy atom. The Balaban J connectivity index is 0.00000841. The number of ether oxygens (including phenoxy) is 2. The van der Waals surface area contributed by atoms with Crippen molar-refractivity contribution in [3.8, 4) is 0 Å². The van der Waals surface area contributed by atoms with Gasteiger partial charge >= 0.3 is 0 Å². The zero-order chi connectivity index (χ0) is 21.4. The first-order chi connectivity index (χ1) is 14.0. The lowest BCUT2D eigenvalue weighted by Crippen LogP contribution is -3.00. The third-order valence-corrected chi connectivity index (χ3v) is 7.34. The molecular formula is C26H48ClO2P. The van der Waals surface area contributed by atoms with Gasteiger partial charge in [0.15, 0.2) is 6.29 Å². The van der Waals surface area contributed by atoms with Crippen molar-refractivity contribution in [2.24, 2.45) is 0 Å². The second kappa shape index (κ2) is 18.4. The molecule has 0 bridgehead atoms. The van der Waals surface area contributed by atoms with Crippen molar-refractivity contribution in [1.29, 1.82) is 0 Å². The number of aryl methyl sites for hydroxylation is 1. The molecular weight excluding hydrogens is 411 g/mol. The quantitative estimate of drug-likeness (QED) is 0.184. The third-order valence-electron chi connectivity index (χ3n) is 5.45. The van der Waals surface area contributed by atoms with E-state index < -0.39 is 7.26 Å². The maximum absolute atomic E-state index is 5.94. The fourth-order valence-electron chi connectivity index (χ4n) is 3.64. The molecule has 2 nitrogen and oxygen atoms in total. The van der Waals surface area contributed by atoms with Crippen LogP contribution in [0, 0.1) is 0 Å². The molecule has 0 fully saturated rings. The molecule has 0 amide bonds. The smallest absolute Gasteiger partial charge is 0.157 e. The molecule has 30 heavy (non-hydrogen) atoms. The molecule has 1 aromatic rings. The van der Waals surface area contributed by atoms with Crippen molar-refractivity contribution in [3.63, 3.8) is 0 Å². The van der Waals surface area contributed by atoms with E-state index in [1.54, 1.807) is 10.9 Å². The van der Waals surface area contributed by atoms with Gasteiger partial charge in [-0.25, -0.2) is 0 Å². The molecule has 0 aliphatic heterocycles. The molecule has 0 aliphatic carbocycles. The molecule has 0 heterocycles. The summed E-state index contributed by atoms with van der Waals surface area (Å²) in [6, 6.07) is 9.11. The van der Waals surface area contributed by atoms with Crippen LogP contribution >= 0.6 is 7.26 Å². The molecule has 0 saturated heterocycles. The number of benzene rings is 1. The molecule has 0 spiro atoms. The molecule has 0 N–H and O–H groups in total. The summed E-state index contributed by atoms with van der Waals surface area (Å²) in [6.07, 6.45) is 14.8. The van der Waals surface area contributed by atoms with Crippen molar-refractivity contribution in [1.82, 2.24) is 0 Å². The fourth-order valence-corrected chi connectivity index (χ4v) is 5.22. The van der Waals surface area contributed by atoms with E-state index >= 15 is 0 Å². The van der Waals surface area contributed by atoms with Crippen molar-refractivity contribution < 1.29 is 21.9 Å². The molecule has 1 rings (SSSR count). The van der Waals surface area contributed by atoms with Crippen LogP contribution < -0.4 is 17.7 Å². The molecule has 0 unspecified atom stereocenters. The first kappa shape index (κ1) is 29.9. The van der Waals surface area contributed by atoms with Gasteiger partial charge in [-0.1, -0.05) is 70.6 Å². The van der Waals surface area contributed by atoms with E-state index in [1.807, 2.05) is 0 Å². The maximum atomic E-state index is 5.94. The molecule has 4 heteroatoms. The van der Waals surface area contributed by atoms with Crippen LogP contribution in [0.2, 0.25) is 0 Å². The van der Waals surface area contributed by atoms with Crippen LogP contribution in [0.25, 0.3) is 0 Å². The van der Waals surface area contributed by atoms with Crippen LogP contribution in [0.3, 0.4) is 0 Å². The summed E-state index contributed by atoms with van der Waals surface area (Å²) in [5.41, 5.74) is 1.59. The lowest BCUT2D eigenvalue weighted by molar-refractivity contribution is -0.147. The van der Waals surface area contributed by atoms with E-state index in [9.17, 15) is 0 Å². The fraction of sp³-hybridized carbons (Fsp3) is 0.769. The van der Waals surface area contributed by atoms with E-state index in [0.29, 0.717) is 0 Å². The van der Waals surface area contributed by atoms with E-state index in [4.69, 9.17) is 9.47 Å². The van der Waals surface area contributed by atoms with Gasteiger partial charge in [0.25, 0.3) is 0 Å². The number of hydrogen-bond donors (Lipinski definition) is 0. The van der Waals surface area contributed by atoms with Crippen LogP contribution in [0.1, 0.15) is 90.0 Å². The maximum Gasteiger partial charge on any atom is 0.157 e. The van der Waals surface area contributed by atoms with Gasteiger partial charge in [-0.2, -0.15) is 0 Å². The topological polar surface area (TPSA) is 18.5 Å². The van der Waals surface area contributed by atoms with E-state index in [-0.39, 0.29) is 18.7 Å². The highest BCUT2D eigenvalue weighted by atomic mass is 35.5. The van der Waals surface area contributed by atoms with Crippen LogP contribution in [0.15, 0.2) is 24.3 Å². The zero-order valence-electron chi connectivity index (χ0n) is 20.4. The van der Waals surface area contributed by atoms with E-state index in [0.717, 1.165) is 32.5 Å². The molecule has 0 aliphatic rings. The highest BCUT2D eigenvalue weighted by Crippen LogP contribution is 2.46. The number of hydrogen-bond acceptors (Lipinski definition) is 2. The summed E-state index contributed by atoms with van der Waals surface area (Å²) in [7, 11) is -0.930. The Kier molecular flexibility index (Phi) is 18.3. The predicted octanol–water partition coefficient (Wildman–Crippen LogP) is 4.46. The normalized spacial score (nSPS) is 11.7. The standard InChI is InChI=1S/C26H48O2P.ClH/c1-6-8-22-27-26(28-23-9-7-2)21-15-13-11-10-12-14-18-24-19-16-17-20-25(24)29(3,4)5;/h16-17,19-20,26H,6-15,18,21-23H2,1-5H3;1H/q+1;/p-1. The Bertz CT molecular complexity index is 506. The third kappa shape index (κ3) is 14.0. The largest absolute Gasteiger partial charge is 1.00 e. The Labute approximate surface area is 194 Å². The van der Waals surface area contributed by atoms with Crippen LogP contribution in [-0.4, -0.2) is 39.5 Å². The summed E-state index contributed by atoms with van der Waals surface area (Å²) in [5, 5.41) is 1.62. The highest BCUT2D eigenvalue weighted by molar-refractivity contribution is 7.81. The van der Waals surface area contributed by atoms with Gasteiger partial charge in [-0.15, -0.1) is 0 Å². The Morgan fingerprint density at radius 1 is 0.733 bits per heavy atom. The summed E-state index contributed by atoms with van der Waals surface area (Å²) >= 11 is 0. The van der Waals surface area contributed by atoms with Crippen molar-refractivity contribution >= 4 is 12.6 Å². The van der Waals surface area contributed by atoms with Crippen molar-refractivity contribution in [3.05, 3.63) is 29.8 Å². The molecule has 0 aromatic heterocycles. The van der Waals surface area contributed by atoms with Gasteiger partial charge in [0.1, 0.15) is 0 Å². The van der Waals surface area contributed by atoms with Crippen LogP contribution in [0.4, 0.5) is 0 Å². The van der Waals surface area contributed by atoms with Gasteiger partial charge in [-0.05, 0) is 50.2 Å². The molecule has 0 saturated carbocycles. The minimum Gasteiger partial charge on any atom is -1.00 e. The zero-order valence-corrected chi connectivity index (χ0v) is 22.1. The predicted molar refractivity (Wildman–Crippen MR) is 132 cm³/mol. The Hall–Kier alpha value is -0.140. The SMILES string of the molecule is CCCCOC(CCCCCCCCc1ccccc1[P+](C)(C)C)OCCCC.[Cl-]. The molecule has 0 radical (unpaired) electrons. The summed E-state index contributed by atoms with van der Waals surface area (Å²) < 4.78 is 11.9. The van der Waals surface area contributed by atoms with Gasteiger partial charge in [0, 0.05) is 20.5 Å². The Morgan fingerprint density at radius 2 is 1.27 bits per heavy atom. The summed E-state index contributed by atoms with van der Waals surface area (Å²) in [5.74, 6) is 0. The van der Waals surface area contributed by atoms with Gasteiger partial charge in [0.2, 0.25) is 0 Å². The van der Waals surface area contributed by atoms with Gasteiger partial charge in [0.05, 0.1) is 25.3 Å². The van der Waals surface area contributed by atoms with E-state index in [1.165, 1.54) is 57.8 Å². The average Bonchev–Trinajstić information content (AvgIpc) is 2.69. The van der Waals surface area contributed by atoms with E-state index in [2.05, 4.69) is 58.1 Å². The lowest BCUT2D eigenvalue weighted by Gasteiger charge is -2.18. The molecule has 1 aromatic carbocycles. The number of unbranched alkanes of at least 4 members (excludes halogenated alkanes) is 7. The molecule has 0 atom stereocenters. The molecule has 176 valence electrons. The second-order valence-corrected chi connectivity index (χ2v) is 13.7. The number of halogens is 1. The minimum absolute atomic E-state index is 0. The first-order valence-corrected chi connectivity index (χ1v) is 15.2. The first-order valence-electron chi connectivity index (χ1n) is 12.1. The average molecular weight is 459 g/mol. The van der Waals surface area contributed by atoms with Crippen LogP contribution in [-0.2, 0) is 15.9 Å². The summed E-state index contributed by atoms with van der Waals surface area (Å²) in [6.45, 7) is 13.4. The van der Waals surface area contributed by atoms with Crippen molar-refractivity contribution in [2.45, 2.75) is 97.2 Å². The minimum atomic E-state index is -0.930. The van der Waals surface area contributed by atoms with Crippen LogP contribution in [0.5, 0.6) is 0 Å². The van der Waals surface area contributed by atoms with Gasteiger partial charge < -0.3 is 21.9 Å². The van der Waals surface area contributed by atoms with Gasteiger partial charge in [-0.3, -0.25) is 0 Å². The van der Waals surface area contributed by atoms with Crippen molar-refractivity contribution in [2.75, 3.05) is 33.2 Å². The number of rotatable bonds is 18. The highest BCUT2D eigenvalue weighted by Gasteiger charge is 2.24. The summed E-state index contributed by atoms with van der Waals surface area (Å²) in [4.78, 5) is 0. The monoisotopic (exact) mass is 458 g/mol.